The highest BCUT2D eigenvalue weighted by Crippen LogP contribution is 2.19. The molecule has 2 rings (SSSR count). The lowest BCUT2D eigenvalue weighted by Gasteiger charge is -2.14. The predicted octanol–water partition coefficient (Wildman–Crippen LogP) is 2.25. The second-order valence-corrected chi connectivity index (χ2v) is 5.75. The molecule has 0 aromatic heterocycles. The molecule has 3 N–H and O–H groups in total. The first-order chi connectivity index (χ1) is 9.16. The van der Waals surface area contributed by atoms with Crippen LogP contribution in [0.4, 0.5) is 5.69 Å². The molecule has 0 aliphatic carbocycles. The van der Waals surface area contributed by atoms with Gasteiger partial charge in [-0.15, -0.1) is 0 Å². The molecule has 4 nitrogen and oxygen atoms in total. The summed E-state index contributed by atoms with van der Waals surface area (Å²) < 4.78 is 0.777. The summed E-state index contributed by atoms with van der Waals surface area (Å²) >= 11 is 3.37. The largest absolute Gasteiger partial charge is 0.399 e. The summed E-state index contributed by atoms with van der Waals surface area (Å²) in [5, 5.41) is 2.94. The Bertz CT molecular complexity index is 444. The van der Waals surface area contributed by atoms with Crippen LogP contribution in [0.25, 0.3) is 0 Å². The van der Waals surface area contributed by atoms with E-state index in [0.29, 0.717) is 17.8 Å². The van der Waals surface area contributed by atoms with Gasteiger partial charge in [0.25, 0.3) is 5.91 Å². The Morgan fingerprint density at radius 3 is 2.84 bits per heavy atom. The van der Waals surface area contributed by atoms with Gasteiger partial charge in [0, 0.05) is 16.7 Å². The molecule has 1 heterocycles. The van der Waals surface area contributed by atoms with E-state index in [9.17, 15) is 4.79 Å². The summed E-state index contributed by atoms with van der Waals surface area (Å²) in [5.41, 5.74) is 6.90. The number of nitrogen functional groups attached to an aromatic ring is 1. The van der Waals surface area contributed by atoms with Gasteiger partial charge in [0.2, 0.25) is 0 Å². The highest BCUT2D eigenvalue weighted by molar-refractivity contribution is 9.10. The molecule has 0 radical (unpaired) electrons. The summed E-state index contributed by atoms with van der Waals surface area (Å²) in [6, 6.07) is 5.27. The molecule has 5 heteroatoms. The average molecular weight is 326 g/mol. The van der Waals surface area contributed by atoms with Gasteiger partial charge in [0.1, 0.15) is 0 Å². The number of hydrogen-bond acceptors (Lipinski definition) is 3. The van der Waals surface area contributed by atoms with Gasteiger partial charge in [-0.1, -0.05) is 0 Å². The number of carbonyl (C=O) groups is 1. The fourth-order valence-electron chi connectivity index (χ4n) is 2.32. The smallest absolute Gasteiger partial charge is 0.252 e. The number of nitrogens with zero attached hydrogens (tertiary/aromatic N) is 1. The zero-order valence-electron chi connectivity index (χ0n) is 11.0. The molecule has 1 aliphatic rings. The van der Waals surface area contributed by atoms with E-state index in [1.165, 1.54) is 25.9 Å². The van der Waals surface area contributed by atoms with Crippen LogP contribution in [0.5, 0.6) is 0 Å². The topological polar surface area (TPSA) is 58.4 Å². The molecular formula is C14H20BrN3O. The van der Waals surface area contributed by atoms with Crippen molar-refractivity contribution in [1.29, 1.82) is 0 Å². The minimum atomic E-state index is -0.0689. The van der Waals surface area contributed by atoms with Crippen molar-refractivity contribution < 1.29 is 4.79 Å². The maximum absolute atomic E-state index is 12.0. The first-order valence-corrected chi connectivity index (χ1v) is 7.52. The fourth-order valence-corrected chi connectivity index (χ4v) is 2.75. The third-order valence-corrected chi connectivity index (χ3v) is 4.06. The lowest BCUT2D eigenvalue weighted by molar-refractivity contribution is 0.0951. The van der Waals surface area contributed by atoms with Crippen molar-refractivity contribution in [1.82, 2.24) is 10.2 Å². The number of anilines is 1. The number of hydrogen-bond donors (Lipinski definition) is 2. The molecule has 1 fully saturated rings. The van der Waals surface area contributed by atoms with Crippen molar-refractivity contribution >= 4 is 27.5 Å². The summed E-state index contributed by atoms with van der Waals surface area (Å²) in [4.78, 5) is 14.5. The lowest BCUT2D eigenvalue weighted by atomic mass is 10.2. The van der Waals surface area contributed by atoms with Crippen molar-refractivity contribution in [2.75, 3.05) is 31.9 Å². The van der Waals surface area contributed by atoms with E-state index in [0.717, 1.165) is 17.4 Å². The molecule has 0 unspecified atom stereocenters. The van der Waals surface area contributed by atoms with Gasteiger partial charge in [-0.25, -0.2) is 0 Å². The molecule has 19 heavy (non-hydrogen) atoms. The Hall–Kier alpha value is -1.07. The SMILES string of the molecule is Nc1ccc(Br)c(C(=O)NCCCN2CCCC2)c1. The van der Waals surface area contributed by atoms with Gasteiger partial charge >= 0.3 is 0 Å². The first-order valence-electron chi connectivity index (χ1n) is 6.72. The standard InChI is InChI=1S/C14H20BrN3O/c15-13-5-4-11(16)10-12(13)14(19)17-6-3-9-18-7-1-2-8-18/h4-5,10H,1-3,6-9,16H2,(H,17,19). The molecule has 1 aromatic carbocycles. The molecule has 0 bridgehead atoms. The van der Waals surface area contributed by atoms with Crippen LogP contribution in [0, 0.1) is 0 Å². The van der Waals surface area contributed by atoms with Crippen molar-refractivity contribution in [2.24, 2.45) is 0 Å². The summed E-state index contributed by atoms with van der Waals surface area (Å²) in [7, 11) is 0. The van der Waals surface area contributed by atoms with E-state index in [4.69, 9.17) is 5.73 Å². The molecule has 1 saturated heterocycles. The molecule has 1 aromatic rings. The molecule has 0 spiro atoms. The molecule has 1 amide bonds. The Labute approximate surface area is 122 Å². The van der Waals surface area contributed by atoms with Gasteiger partial charge in [0.05, 0.1) is 5.56 Å². The van der Waals surface area contributed by atoms with Crippen molar-refractivity contribution in [3.05, 3.63) is 28.2 Å². The molecule has 1 aliphatic heterocycles. The van der Waals surface area contributed by atoms with Gasteiger partial charge in [0.15, 0.2) is 0 Å². The Balaban J connectivity index is 1.75. The monoisotopic (exact) mass is 325 g/mol. The van der Waals surface area contributed by atoms with Crippen molar-refractivity contribution in [3.63, 3.8) is 0 Å². The highest BCUT2D eigenvalue weighted by atomic mass is 79.9. The predicted molar refractivity (Wildman–Crippen MR) is 81.2 cm³/mol. The van der Waals surface area contributed by atoms with Crippen LogP contribution < -0.4 is 11.1 Å². The lowest BCUT2D eigenvalue weighted by Crippen LogP contribution is -2.28. The number of nitrogens with one attached hydrogen (secondary N) is 1. The van der Waals surface area contributed by atoms with E-state index in [1.54, 1.807) is 18.2 Å². The molecule has 0 atom stereocenters. The Morgan fingerprint density at radius 1 is 1.37 bits per heavy atom. The summed E-state index contributed by atoms with van der Waals surface area (Å²) in [5.74, 6) is -0.0689. The quantitative estimate of drug-likeness (QED) is 0.644. The number of halogens is 1. The van der Waals surface area contributed by atoms with Crippen LogP contribution in [0.2, 0.25) is 0 Å². The summed E-state index contributed by atoms with van der Waals surface area (Å²) in [6.45, 7) is 4.18. The minimum absolute atomic E-state index is 0.0689. The van der Waals surface area contributed by atoms with E-state index in [-0.39, 0.29) is 5.91 Å². The Morgan fingerprint density at radius 2 is 2.11 bits per heavy atom. The highest BCUT2D eigenvalue weighted by Gasteiger charge is 2.12. The molecular weight excluding hydrogens is 306 g/mol. The van der Waals surface area contributed by atoms with Crippen LogP contribution in [0.1, 0.15) is 29.6 Å². The second kappa shape index (κ2) is 6.91. The second-order valence-electron chi connectivity index (χ2n) is 4.90. The summed E-state index contributed by atoms with van der Waals surface area (Å²) in [6.07, 6.45) is 3.61. The van der Waals surface area contributed by atoms with E-state index < -0.39 is 0 Å². The van der Waals surface area contributed by atoms with E-state index in [1.807, 2.05) is 0 Å². The molecule has 0 saturated carbocycles. The number of rotatable bonds is 5. The van der Waals surface area contributed by atoms with Gasteiger partial charge in [-0.2, -0.15) is 0 Å². The number of carbonyl (C=O) groups excluding carboxylic acids is 1. The van der Waals surface area contributed by atoms with Crippen LogP contribution in [-0.4, -0.2) is 37.0 Å². The maximum atomic E-state index is 12.0. The van der Waals surface area contributed by atoms with Crippen LogP contribution in [0.15, 0.2) is 22.7 Å². The van der Waals surface area contributed by atoms with Crippen LogP contribution >= 0.6 is 15.9 Å². The van der Waals surface area contributed by atoms with Gasteiger partial charge in [-0.3, -0.25) is 4.79 Å². The normalized spacial score (nSPS) is 15.6. The zero-order chi connectivity index (χ0) is 13.7. The average Bonchev–Trinajstić information content (AvgIpc) is 2.90. The van der Waals surface area contributed by atoms with Crippen LogP contribution in [-0.2, 0) is 0 Å². The zero-order valence-corrected chi connectivity index (χ0v) is 12.6. The van der Waals surface area contributed by atoms with Crippen LogP contribution in [0.3, 0.4) is 0 Å². The van der Waals surface area contributed by atoms with Crippen molar-refractivity contribution in [2.45, 2.75) is 19.3 Å². The fraction of sp³-hybridized carbons (Fsp3) is 0.500. The number of amides is 1. The number of nitrogens with two attached hydrogens (primary N) is 1. The van der Waals surface area contributed by atoms with Gasteiger partial charge in [-0.05, 0) is 73.0 Å². The minimum Gasteiger partial charge on any atom is -0.399 e. The van der Waals surface area contributed by atoms with Crippen molar-refractivity contribution in [3.8, 4) is 0 Å². The Kier molecular flexibility index (Phi) is 5.22. The maximum Gasteiger partial charge on any atom is 0.252 e. The third kappa shape index (κ3) is 4.21. The number of likely N-dealkylation sites (tertiary alicyclic amines) is 1. The molecule has 104 valence electrons. The van der Waals surface area contributed by atoms with E-state index in [2.05, 4.69) is 26.1 Å². The third-order valence-electron chi connectivity index (χ3n) is 3.37. The number of benzene rings is 1. The van der Waals surface area contributed by atoms with E-state index >= 15 is 0 Å². The first kappa shape index (κ1) is 14.3. The van der Waals surface area contributed by atoms with Gasteiger partial charge < -0.3 is 16.0 Å².